The molecule has 0 unspecified atom stereocenters. The molecule has 0 aliphatic carbocycles. The van der Waals surface area contributed by atoms with Gasteiger partial charge in [-0.3, -0.25) is 4.79 Å². The van der Waals surface area contributed by atoms with Crippen LogP contribution in [0, 0.1) is 6.92 Å². The molecule has 0 radical (unpaired) electrons. The summed E-state index contributed by atoms with van der Waals surface area (Å²) in [7, 11) is 0. The molecule has 0 aliphatic rings. The van der Waals surface area contributed by atoms with Crippen molar-refractivity contribution >= 4 is 5.78 Å². The monoisotopic (exact) mass is 304 g/mol. The van der Waals surface area contributed by atoms with Gasteiger partial charge in [0.25, 0.3) is 0 Å². The van der Waals surface area contributed by atoms with Crippen LogP contribution in [0.1, 0.15) is 23.0 Å². The van der Waals surface area contributed by atoms with Crippen LogP contribution < -0.4 is 4.74 Å². The van der Waals surface area contributed by atoms with Crippen molar-refractivity contribution < 1.29 is 9.53 Å². The van der Waals surface area contributed by atoms with E-state index in [1.807, 2.05) is 37.3 Å². The highest BCUT2D eigenvalue weighted by molar-refractivity contribution is 5.94. The maximum Gasteiger partial charge on any atom is 0.223 e. The molecule has 2 aromatic carbocycles. The number of benzene rings is 2. The summed E-state index contributed by atoms with van der Waals surface area (Å²) in [6.45, 7) is 3.44. The van der Waals surface area contributed by atoms with Gasteiger partial charge >= 0.3 is 0 Å². The Morgan fingerprint density at radius 2 is 1.65 bits per heavy atom. The minimum absolute atomic E-state index is 0.0285. The van der Waals surface area contributed by atoms with Crippen LogP contribution in [0.2, 0.25) is 0 Å². The molecule has 0 bridgehead atoms. The van der Waals surface area contributed by atoms with E-state index in [2.05, 4.69) is 9.97 Å². The summed E-state index contributed by atoms with van der Waals surface area (Å²) in [6.07, 6.45) is 0. The van der Waals surface area contributed by atoms with Gasteiger partial charge in [-0.1, -0.05) is 30.3 Å². The molecule has 0 amide bonds. The van der Waals surface area contributed by atoms with E-state index in [1.54, 1.807) is 30.3 Å². The SMILES string of the molecule is CC(=O)c1ccc(Oc2cc(C)nc(-c3ccccc3)n2)cc1. The predicted octanol–water partition coefficient (Wildman–Crippen LogP) is 4.45. The number of hydrogen-bond donors (Lipinski definition) is 0. The van der Waals surface area contributed by atoms with E-state index in [0.717, 1.165) is 11.3 Å². The summed E-state index contributed by atoms with van der Waals surface area (Å²) in [5, 5.41) is 0. The second-order valence-electron chi connectivity index (χ2n) is 5.22. The minimum atomic E-state index is 0.0285. The highest BCUT2D eigenvalue weighted by atomic mass is 16.5. The van der Waals surface area contributed by atoms with Gasteiger partial charge in [0.1, 0.15) is 5.75 Å². The quantitative estimate of drug-likeness (QED) is 0.668. The Balaban J connectivity index is 1.88. The lowest BCUT2D eigenvalue weighted by Crippen LogP contribution is -1.96. The standard InChI is InChI=1S/C19H16N2O2/c1-13-12-18(21-19(20-13)16-6-4-3-5-7-16)23-17-10-8-15(9-11-17)14(2)22/h3-12H,1-2H3. The topological polar surface area (TPSA) is 52.1 Å². The molecular formula is C19H16N2O2. The normalized spacial score (nSPS) is 10.3. The fraction of sp³-hybridized carbons (Fsp3) is 0.105. The number of Topliss-reactive ketones (excluding diaryl/α,β-unsaturated/α-hetero) is 1. The molecule has 0 saturated carbocycles. The lowest BCUT2D eigenvalue weighted by Gasteiger charge is -2.08. The zero-order valence-electron chi connectivity index (χ0n) is 13.0. The second-order valence-corrected chi connectivity index (χ2v) is 5.22. The largest absolute Gasteiger partial charge is 0.439 e. The summed E-state index contributed by atoms with van der Waals surface area (Å²) in [6, 6.07) is 18.5. The highest BCUT2D eigenvalue weighted by Crippen LogP contribution is 2.23. The van der Waals surface area contributed by atoms with E-state index < -0.39 is 0 Å². The van der Waals surface area contributed by atoms with Crippen molar-refractivity contribution in [3.63, 3.8) is 0 Å². The molecule has 0 fully saturated rings. The average Bonchev–Trinajstić information content (AvgIpc) is 2.55. The van der Waals surface area contributed by atoms with E-state index in [-0.39, 0.29) is 5.78 Å². The number of aryl methyl sites for hydroxylation is 1. The first kappa shape index (κ1) is 14.9. The number of carbonyl (C=O) groups is 1. The van der Waals surface area contributed by atoms with Crippen molar-refractivity contribution in [2.45, 2.75) is 13.8 Å². The molecule has 4 heteroatoms. The van der Waals surface area contributed by atoms with Gasteiger partial charge in [0.15, 0.2) is 11.6 Å². The molecule has 23 heavy (non-hydrogen) atoms. The van der Waals surface area contributed by atoms with Gasteiger partial charge in [-0.05, 0) is 38.1 Å². The smallest absolute Gasteiger partial charge is 0.223 e. The second kappa shape index (κ2) is 6.40. The van der Waals surface area contributed by atoms with Crippen molar-refractivity contribution in [1.82, 2.24) is 9.97 Å². The fourth-order valence-electron chi connectivity index (χ4n) is 2.19. The Kier molecular flexibility index (Phi) is 4.15. The lowest BCUT2D eigenvalue weighted by molar-refractivity contribution is 0.101. The maximum absolute atomic E-state index is 11.3. The molecule has 114 valence electrons. The van der Waals surface area contributed by atoms with Crippen molar-refractivity contribution in [3.8, 4) is 23.0 Å². The Morgan fingerprint density at radius 1 is 0.957 bits per heavy atom. The first-order chi connectivity index (χ1) is 11.1. The van der Waals surface area contributed by atoms with Crippen molar-refractivity contribution in [2.24, 2.45) is 0 Å². The molecule has 1 heterocycles. The Morgan fingerprint density at radius 3 is 2.30 bits per heavy atom. The fourth-order valence-corrected chi connectivity index (χ4v) is 2.19. The van der Waals surface area contributed by atoms with Crippen LogP contribution in [0.4, 0.5) is 0 Å². The molecule has 0 atom stereocenters. The van der Waals surface area contributed by atoms with Gasteiger partial charge in [-0.2, -0.15) is 4.98 Å². The summed E-state index contributed by atoms with van der Waals surface area (Å²) >= 11 is 0. The minimum Gasteiger partial charge on any atom is -0.439 e. The molecule has 4 nitrogen and oxygen atoms in total. The van der Waals surface area contributed by atoms with Crippen LogP contribution in [0.25, 0.3) is 11.4 Å². The zero-order chi connectivity index (χ0) is 16.2. The first-order valence-corrected chi connectivity index (χ1v) is 7.32. The number of hydrogen-bond acceptors (Lipinski definition) is 4. The summed E-state index contributed by atoms with van der Waals surface area (Å²) < 4.78 is 5.79. The van der Waals surface area contributed by atoms with Crippen LogP contribution in [-0.2, 0) is 0 Å². The molecule has 0 N–H and O–H groups in total. The number of ketones is 1. The third kappa shape index (κ3) is 3.61. The number of ether oxygens (including phenoxy) is 1. The average molecular weight is 304 g/mol. The zero-order valence-corrected chi connectivity index (χ0v) is 13.0. The van der Waals surface area contributed by atoms with E-state index in [0.29, 0.717) is 23.0 Å². The number of aromatic nitrogens is 2. The van der Waals surface area contributed by atoms with Crippen molar-refractivity contribution in [1.29, 1.82) is 0 Å². The Hall–Kier alpha value is -3.01. The van der Waals surface area contributed by atoms with Crippen LogP contribution in [0.3, 0.4) is 0 Å². The maximum atomic E-state index is 11.3. The molecule has 0 saturated heterocycles. The lowest BCUT2D eigenvalue weighted by atomic mass is 10.1. The van der Waals surface area contributed by atoms with Crippen LogP contribution in [-0.4, -0.2) is 15.8 Å². The molecule has 3 aromatic rings. The molecule has 0 aliphatic heterocycles. The van der Waals surface area contributed by atoms with Gasteiger partial charge in [0.05, 0.1) is 0 Å². The third-order valence-electron chi connectivity index (χ3n) is 3.35. The summed E-state index contributed by atoms with van der Waals surface area (Å²) in [4.78, 5) is 20.2. The van der Waals surface area contributed by atoms with Gasteiger partial charge in [-0.25, -0.2) is 4.98 Å². The Bertz CT molecular complexity index is 828. The molecule has 0 spiro atoms. The molecule has 3 rings (SSSR count). The van der Waals surface area contributed by atoms with Gasteiger partial charge in [-0.15, -0.1) is 0 Å². The molecular weight excluding hydrogens is 288 g/mol. The van der Waals surface area contributed by atoms with Crippen molar-refractivity contribution in [2.75, 3.05) is 0 Å². The number of carbonyl (C=O) groups excluding carboxylic acids is 1. The van der Waals surface area contributed by atoms with Gasteiger partial charge in [0.2, 0.25) is 5.88 Å². The van der Waals surface area contributed by atoms with Gasteiger partial charge < -0.3 is 4.74 Å². The van der Waals surface area contributed by atoms with Crippen LogP contribution in [0.5, 0.6) is 11.6 Å². The third-order valence-corrected chi connectivity index (χ3v) is 3.35. The van der Waals surface area contributed by atoms with E-state index >= 15 is 0 Å². The van der Waals surface area contributed by atoms with E-state index in [4.69, 9.17) is 4.74 Å². The number of nitrogens with zero attached hydrogens (tertiary/aromatic N) is 2. The Labute approximate surface area is 134 Å². The van der Waals surface area contributed by atoms with Crippen LogP contribution in [0.15, 0.2) is 60.7 Å². The van der Waals surface area contributed by atoms with Gasteiger partial charge in [0, 0.05) is 22.9 Å². The predicted molar refractivity (Wildman–Crippen MR) is 88.7 cm³/mol. The van der Waals surface area contributed by atoms with Crippen LogP contribution >= 0.6 is 0 Å². The van der Waals surface area contributed by atoms with E-state index in [9.17, 15) is 4.79 Å². The van der Waals surface area contributed by atoms with E-state index in [1.165, 1.54) is 6.92 Å². The molecule has 1 aromatic heterocycles. The number of rotatable bonds is 4. The summed E-state index contributed by atoms with van der Waals surface area (Å²) in [5.74, 6) is 1.76. The highest BCUT2D eigenvalue weighted by Gasteiger charge is 2.07. The first-order valence-electron chi connectivity index (χ1n) is 7.32. The summed E-state index contributed by atoms with van der Waals surface area (Å²) in [5.41, 5.74) is 2.42. The van der Waals surface area contributed by atoms with Crippen molar-refractivity contribution in [3.05, 3.63) is 71.9 Å².